The Morgan fingerprint density at radius 3 is 3.04 bits per heavy atom. The molecule has 0 saturated carbocycles. The normalized spacial score (nSPS) is 25.5. The SMILES string of the molecule is C1=CC2C=Cc3c4c(cc5ccn(C6=CCCC=C6)c35)NC(=C1)C42. The molecule has 0 bridgehead atoms. The number of benzene rings is 1. The molecule has 0 fully saturated rings. The van der Waals surface area contributed by atoms with Gasteiger partial charge in [0.1, 0.15) is 0 Å². The van der Waals surface area contributed by atoms with Gasteiger partial charge in [-0.25, -0.2) is 0 Å². The number of hydrogen-bond donors (Lipinski definition) is 1. The highest BCUT2D eigenvalue weighted by Crippen LogP contribution is 2.52. The third-order valence-electron chi connectivity index (χ3n) is 5.71. The molecule has 2 unspecified atom stereocenters. The summed E-state index contributed by atoms with van der Waals surface area (Å²) in [6.07, 6.45) is 22.8. The molecule has 24 heavy (non-hydrogen) atoms. The fourth-order valence-electron chi connectivity index (χ4n) is 4.67. The molecule has 0 saturated heterocycles. The van der Waals surface area contributed by atoms with Gasteiger partial charge in [-0.2, -0.15) is 0 Å². The van der Waals surface area contributed by atoms with Gasteiger partial charge in [0.25, 0.3) is 0 Å². The van der Waals surface area contributed by atoms with Gasteiger partial charge < -0.3 is 9.88 Å². The van der Waals surface area contributed by atoms with Crippen LogP contribution >= 0.6 is 0 Å². The fraction of sp³-hybridized carbons (Fsp3) is 0.182. The molecule has 116 valence electrons. The van der Waals surface area contributed by atoms with Crippen LogP contribution in [0.2, 0.25) is 0 Å². The average Bonchev–Trinajstić information content (AvgIpc) is 3.22. The minimum atomic E-state index is 0.466. The summed E-state index contributed by atoms with van der Waals surface area (Å²) < 4.78 is 2.37. The largest absolute Gasteiger partial charge is 0.358 e. The number of nitrogens with one attached hydrogen (secondary N) is 1. The Morgan fingerprint density at radius 1 is 1.12 bits per heavy atom. The first-order valence-electron chi connectivity index (χ1n) is 8.79. The van der Waals surface area contributed by atoms with Gasteiger partial charge in [-0.1, -0.05) is 36.5 Å². The molecular formula is C22H18N2. The lowest BCUT2D eigenvalue weighted by molar-refractivity contribution is 0.681. The lowest BCUT2D eigenvalue weighted by atomic mass is 9.76. The van der Waals surface area contributed by atoms with E-state index in [4.69, 9.17) is 0 Å². The molecule has 1 aliphatic heterocycles. The van der Waals surface area contributed by atoms with Gasteiger partial charge >= 0.3 is 0 Å². The van der Waals surface area contributed by atoms with Crippen LogP contribution in [-0.4, -0.2) is 4.57 Å². The third kappa shape index (κ3) is 1.51. The molecule has 1 N–H and O–H groups in total. The predicted octanol–water partition coefficient (Wildman–Crippen LogP) is 5.44. The van der Waals surface area contributed by atoms with Crippen LogP contribution in [0.1, 0.15) is 29.9 Å². The van der Waals surface area contributed by atoms with E-state index < -0.39 is 0 Å². The number of aromatic nitrogens is 1. The smallest absolute Gasteiger partial charge is 0.0605 e. The van der Waals surface area contributed by atoms with E-state index in [-0.39, 0.29) is 0 Å². The average molecular weight is 310 g/mol. The fourth-order valence-corrected chi connectivity index (χ4v) is 4.67. The predicted molar refractivity (Wildman–Crippen MR) is 101 cm³/mol. The lowest BCUT2D eigenvalue weighted by Crippen LogP contribution is -2.15. The Bertz CT molecular complexity index is 1040. The van der Waals surface area contributed by atoms with Crippen molar-refractivity contribution in [3.05, 3.63) is 77.7 Å². The molecule has 2 nitrogen and oxygen atoms in total. The maximum atomic E-state index is 3.66. The molecule has 2 heterocycles. The summed E-state index contributed by atoms with van der Waals surface area (Å²) in [7, 11) is 0. The first-order chi connectivity index (χ1) is 11.9. The van der Waals surface area contributed by atoms with E-state index in [2.05, 4.69) is 76.8 Å². The van der Waals surface area contributed by atoms with E-state index in [1.54, 1.807) is 0 Å². The molecule has 1 aromatic carbocycles. The topological polar surface area (TPSA) is 17.0 Å². The zero-order chi connectivity index (χ0) is 15.7. The summed E-state index contributed by atoms with van der Waals surface area (Å²) in [5.41, 5.74) is 8.15. The number of hydrogen-bond acceptors (Lipinski definition) is 1. The van der Waals surface area contributed by atoms with Crippen molar-refractivity contribution in [2.24, 2.45) is 5.92 Å². The number of anilines is 1. The van der Waals surface area contributed by atoms with Crippen LogP contribution in [-0.2, 0) is 0 Å². The highest BCUT2D eigenvalue weighted by molar-refractivity contribution is 5.99. The molecule has 4 aliphatic rings. The second-order valence-corrected chi connectivity index (χ2v) is 7.03. The summed E-state index contributed by atoms with van der Waals surface area (Å²) in [6, 6.07) is 4.57. The summed E-state index contributed by atoms with van der Waals surface area (Å²) in [5.74, 6) is 0.953. The Balaban J connectivity index is 1.67. The van der Waals surface area contributed by atoms with E-state index in [9.17, 15) is 0 Å². The Morgan fingerprint density at radius 2 is 2.12 bits per heavy atom. The van der Waals surface area contributed by atoms with Crippen LogP contribution in [0.5, 0.6) is 0 Å². The first kappa shape index (κ1) is 12.7. The molecule has 0 amide bonds. The van der Waals surface area contributed by atoms with E-state index in [0.717, 1.165) is 12.8 Å². The summed E-state index contributed by atoms with van der Waals surface area (Å²) in [4.78, 5) is 0. The zero-order valence-corrected chi connectivity index (χ0v) is 13.4. The van der Waals surface area contributed by atoms with Crippen molar-refractivity contribution in [1.29, 1.82) is 0 Å². The Hall–Kier alpha value is -2.74. The van der Waals surface area contributed by atoms with E-state index in [1.165, 1.54) is 39.1 Å². The lowest BCUT2D eigenvalue weighted by Gasteiger charge is -2.27. The zero-order valence-electron chi connectivity index (χ0n) is 13.4. The second-order valence-electron chi connectivity index (χ2n) is 7.03. The van der Waals surface area contributed by atoms with Gasteiger partial charge in [0.05, 0.1) is 5.52 Å². The standard InChI is InChI=1S/C22H18N2/c1-2-6-16(7-3-1)24-12-11-15-13-19-21-17(22(15)24)10-9-14-5-4-8-18(23-19)20(14)21/h2,4-14,20,23H,1,3H2. The van der Waals surface area contributed by atoms with E-state index in [0.29, 0.717) is 11.8 Å². The number of fused-ring (bicyclic) bond motifs is 2. The van der Waals surface area contributed by atoms with Gasteiger partial charge in [0.15, 0.2) is 0 Å². The highest BCUT2D eigenvalue weighted by atomic mass is 15.0. The first-order valence-corrected chi connectivity index (χ1v) is 8.79. The van der Waals surface area contributed by atoms with Crippen LogP contribution in [0.4, 0.5) is 5.69 Å². The third-order valence-corrected chi connectivity index (χ3v) is 5.71. The van der Waals surface area contributed by atoms with Crippen molar-refractivity contribution in [2.45, 2.75) is 18.8 Å². The maximum Gasteiger partial charge on any atom is 0.0605 e. The molecular weight excluding hydrogens is 292 g/mol. The maximum absolute atomic E-state index is 3.66. The van der Waals surface area contributed by atoms with Crippen molar-refractivity contribution in [3.63, 3.8) is 0 Å². The van der Waals surface area contributed by atoms with Gasteiger partial charge in [-0.15, -0.1) is 0 Å². The summed E-state index contributed by atoms with van der Waals surface area (Å²) in [6.45, 7) is 0. The van der Waals surface area contributed by atoms with Crippen LogP contribution < -0.4 is 5.32 Å². The molecule has 3 aliphatic carbocycles. The van der Waals surface area contributed by atoms with Crippen LogP contribution in [0, 0.1) is 5.92 Å². The van der Waals surface area contributed by atoms with Crippen molar-refractivity contribution in [2.75, 3.05) is 5.32 Å². The Labute approximate surface area is 141 Å². The number of rotatable bonds is 1. The monoisotopic (exact) mass is 310 g/mol. The molecule has 2 aromatic rings. The molecule has 0 spiro atoms. The van der Waals surface area contributed by atoms with Crippen molar-refractivity contribution in [1.82, 2.24) is 4.57 Å². The van der Waals surface area contributed by atoms with Gasteiger partial charge in [-0.05, 0) is 42.7 Å². The van der Waals surface area contributed by atoms with Crippen LogP contribution in [0.15, 0.2) is 66.6 Å². The molecule has 2 heteroatoms. The quantitative estimate of drug-likeness (QED) is 0.742. The molecule has 2 atom stereocenters. The summed E-state index contributed by atoms with van der Waals surface area (Å²) >= 11 is 0. The minimum absolute atomic E-state index is 0.466. The van der Waals surface area contributed by atoms with E-state index in [1.807, 2.05) is 0 Å². The van der Waals surface area contributed by atoms with E-state index >= 15 is 0 Å². The Kier molecular flexibility index (Phi) is 2.33. The number of nitrogens with zero attached hydrogens (tertiary/aromatic N) is 1. The van der Waals surface area contributed by atoms with Crippen LogP contribution in [0.3, 0.4) is 0 Å². The van der Waals surface area contributed by atoms with Gasteiger partial charge in [0.2, 0.25) is 0 Å². The number of allylic oxidation sites excluding steroid dienone is 9. The highest BCUT2D eigenvalue weighted by Gasteiger charge is 2.37. The van der Waals surface area contributed by atoms with Gasteiger partial charge in [0, 0.05) is 46.1 Å². The van der Waals surface area contributed by atoms with Crippen molar-refractivity contribution in [3.8, 4) is 0 Å². The summed E-state index contributed by atoms with van der Waals surface area (Å²) in [5, 5.41) is 4.97. The van der Waals surface area contributed by atoms with Crippen molar-refractivity contribution >= 4 is 28.4 Å². The molecule has 1 aromatic heterocycles. The van der Waals surface area contributed by atoms with Crippen molar-refractivity contribution < 1.29 is 0 Å². The van der Waals surface area contributed by atoms with Crippen LogP contribution in [0.25, 0.3) is 22.7 Å². The second kappa shape index (κ2) is 4.41. The molecule has 0 radical (unpaired) electrons. The van der Waals surface area contributed by atoms with Gasteiger partial charge in [-0.3, -0.25) is 0 Å². The molecule has 6 rings (SSSR count). The minimum Gasteiger partial charge on any atom is -0.358 e.